The molecular weight excluding hydrogens is 322 g/mol. The molecule has 0 atom stereocenters. The molecule has 0 aliphatic heterocycles. The third-order valence-corrected chi connectivity index (χ3v) is 6.60. The molecule has 3 aromatic rings. The Balaban J connectivity index is 1.58. The van der Waals surface area contributed by atoms with Gasteiger partial charge in [-0.3, -0.25) is 0 Å². The van der Waals surface area contributed by atoms with Crippen LogP contribution in [0.15, 0.2) is 51.7 Å². The van der Waals surface area contributed by atoms with Crippen molar-refractivity contribution < 1.29 is 5.11 Å². The minimum Gasteiger partial charge on any atom is -0.508 e. The quantitative estimate of drug-likeness (QED) is 0.615. The van der Waals surface area contributed by atoms with E-state index in [1.54, 1.807) is 35.2 Å². The molecule has 1 N–H and O–H groups in total. The van der Waals surface area contributed by atoms with Gasteiger partial charge in [-0.25, -0.2) is 4.98 Å². The Morgan fingerprint density at radius 1 is 1.00 bits per heavy atom. The van der Waals surface area contributed by atoms with Crippen molar-refractivity contribution in [3.05, 3.63) is 48.0 Å². The maximum Gasteiger partial charge on any atom is 0.155 e. The number of phenols is 1. The number of aromatic hydroxyl groups is 1. The summed E-state index contributed by atoms with van der Waals surface area (Å²) in [6.45, 7) is 0. The van der Waals surface area contributed by atoms with Crippen molar-refractivity contribution in [3.8, 4) is 5.75 Å². The molecule has 1 fully saturated rings. The highest BCUT2D eigenvalue weighted by Crippen LogP contribution is 2.38. The molecule has 0 saturated heterocycles. The highest BCUT2D eigenvalue weighted by Gasteiger charge is 2.16. The van der Waals surface area contributed by atoms with Crippen molar-refractivity contribution >= 4 is 33.3 Å². The fraction of sp³-hybridized carbons (Fsp3) is 0.316. The Labute approximate surface area is 144 Å². The lowest BCUT2D eigenvalue weighted by atomic mass is 9.84. The Kier molecular flexibility index (Phi) is 4.27. The summed E-state index contributed by atoms with van der Waals surface area (Å²) in [5.41, 5.74) is 2.58. The van der Waals surface area contributed by atoms with Crippen LogP contribution in [-0.4, -0.2) is 10.1 Å². The Morgan fingerprint density at radius 2 is 1.78 bits per heavy atom. The molecule has 2 aromatic carbocycles. The smallest absolute Gasteiger partial charge is 0.155 e. The number of hydrogen-bond donors (Lipinski definition) is 1. The first kappa shape index (κ1) is 15.0. The number of thiazole rings is 1. The summed E-state index contributed by atoms with van der Waals surface area (Å²) < 4.78 is 2.35. The number of rotatable bonds is 3. The molecule has 0 bridgehead atoms. The monoisotopic (exact) mass is 341 g/mol. The molecule has 1 heterocycles. The zero-order chi connectivity index (χ0) is 15.6. The second-order valence-corrected chi connectivity index (χ2v) is 8.49. The molecule has 0 spiro atoms. The average Bonchev–Trinajstić information content (AvgIpc) is 2.99. The van der Waals surface area contributed by atoms with Gasteiger partial charge < -0.3 is 5.11 Å². The van der Waals surface area contributed by atoms with Gasteiger partial charge in [-0.15, -0.1) is 11.3 Å². The molecule has 0 unspecified atom stereocenters. The number of hydrogen-bond acceptors (Lipinski definition) is 4. The zero-order valence-corrected chi connectivity index (χ0v) is 14.5. The molecule has 118 valence electrons. The van der Waals surface area contributed by atoms with Crippen molar-refractivity contribution in [2.24, 2.45) is 0 Å². The lowest BCUT2D eigenvalue weighted by molar-refractivity contribution is 0.444. The van der Waals surface area contributed by atoms with Gasteiger partial charge in [0.25, 0.3) is 0 Å². The summed E-state index contributed by atoms with van der Waals surface area (Å²) in [5.74, 6) is 1.04. The summed E-state index contributed by atoms with van der Waals surface area (Å²) in [7, 11) is 0. The van der Waals surface area contributed by atoms with Crippen LogP contribution in [0.1, 0.15) is 43.6 Å². The van der Waals surface area contributed by atoms with Gasteiger partial charge in [0.1, 0.15) is 5.75 Å². The number of fused-ring (bicyclic) bond motifs is 1. The Morgan fingerprint density at radius 3 is 2.57 bits per heavy atom. The van der Waals surface area contributed by atoms with E-state index >= 15 is 0 Å². The maximum absolute atomic E-state index is 9.37. The topological polar surface area (TPSA) is 33.1 Å². The van der Waals surface area contributed by atoms with Crippen LogP contribution >= 0.6 is 23.1 Å². The molecular formula is C19H19NOS2. The van der Waals surface area contributed by atoms with E-state index in [0.29, 0.717) is 5.75 Å². The summed E-state index contributed by atoms with van der Waals surface area (Å²) in [6, 6.07) is 14.1. The van der Waals surface area contributed by atoms with Gasteiger partial charge in [0, 0.05) is 4.90 Å². The van der Waals surface area contributed by atoms with E-state index in [0.717, 1.165) is 20.7 Å². The second kappa shape index (κ2) is 6.54. The number of benzene rings is 2. The van der Waals surface area contributed by atoms with E-state index in [4.69, 9.17) is 4.98 Å². The standard InChI is InChI=1S/C19H19NOS2/c21-15-7-9-16(10-8-15)22-19-20-17-11-6-14(12-18(17)23-19)13-4-2-1-3-5-13/h6-13,21H,1-5H2. The van der Waals surface area contributed by atoms with Gasteiger partial charge in [0.2, 0.25) is 0 Å². The molecule has 0 amide bonds. The van der Waals surface area contributed by atoms with Gasteiger partial charge in [0.15, 0.2) is 4.34 Å². The largest absolute Gasteiger partial charge is 0.508 e. The summed E-state index contributed by atoms with van der Waals surface area (Å²) in [5, 5.41) is 9.37. The predicted molar refractivity (Wildman–Crippen MR) is 97.7 cm³/mol. The first-order valence-corrected chi connectivity index (χ1v) is 9.78. The van der Waals surface area contributed by atoms with Crippen molar-refractivity contribution in [3.63, 3.8) is 0 Å². The SMILES string of the molecule is Oc1ccc(Sc2nc3ccc(C4CCCCC4)cc3s2)cc1. The fourth-order valence-corrected chi connectivity index (χ4v) is 5.36. The van der Waals surface area contributed by atoms with Gasteiger partial charge in [-0.2, -0.15) is 0 Å². The summed E-state index contributed by atoms with van der Waals surface area (Å²) >= 11 is 3.42. The number of aromatic nitrogens is 1. The van der Waals surface area contributed by atoms with E-state index in [2.05, 4.69) is 18.2 Å². The van der Waals surface area contributed by atoms with Gasteiger partial charge in [-0.05, 0) is 60.7 Å². The predicted octanol–water partition coefficient (Wildman–Crippen LogP) is 6.20. The van der Waals surface area contributed by atoms with Crippen LogP contribution in [0, 0.1) is 0 Å². The van der Waals surface area contributed by atoms with E-state index in [-0.39, 0.29) is 0 Å². The van der Waals surface area contributed by atoms with Gasteiger partial charge in [-0.1, -0.05) is 37.1 Å². The van der Waals surface area contributed by atoms with Crippen LogP contribution < -0.4 is 0 Å². The minimum atomic E-state index is 0.302. The van der Waals surface area contributed by atoms with Crippen LogP contribution in [0.25, 0.3) is 10.2 Å². The first-order valence-electron chi connectivity index (χ1n) is 8.15. The van der Waals surface area contributed by atoms with Crippen LogP contribution in [0.4, 0.5) is 0 Å². The van der Waals surface area contributed by atoms with Crippen molar-refractivity contribution in [1.82, 2.24) is 4.98 Å². The molecule has 2 nitrogen and oxygen atoms in total. The van der Waals surface area contributed by atoms with Crippen LogP contribution in [0.3, 0.4) is 0 Å². The van der Waals surface area contributed by atoms with E-state index < -0.39 is 0 Å². The molecule has 0 radical (unpaired) electrons. The van der Waals surface area contributed by atoms with Crippen LogP contribution in [-0.2, 0) is 0 Å². The molecule has 1 aliphatic carbocycles. The molecule has 1 aliphatic rings. The van der Waals surface area contributed by atoms with E-state index in [1.165, 1.54) is 42.4 Å². The van der Waals surface area contributed by atoms with Crippen molar-refractivity contribution in [2.75, 3.05) is 0 Å². The normalized spacial score (nSPS) is 16.0. The fourth-order valence-electron chi connectivity index (χ4n) is 3.27. The number of phenolic OH excluding ortho intramolecular Hbond substituents is 1. The lowest BCUT2D eigenvalue weighted by Gasteiger charge is -2.21. The third kappa shape index (κ3) is 3.38. The van der Waals surface area contributed by atoms with Crippen LogP contribution in [0.2, 0.25) is 0 Å². The molecule has 23 heavy (non-hydrogen) atoms. The van der Waals surface area contributed by atoms with E-state index in [1.807, 2.05) is 12.1 Å². The molecule has 1 saturated carbocycles. The van der Waals surface area contributed by atoms with Gasteiger partial charge in [0.05, 0.1) is 10.2 Å². The van der Waals surface area contributed by atoms with Crippen molar-refractivity contribution in [1.29, 1.82) is 0 Å². The van der Waals surface area contributed by atoms with Crippen molar-refractivity contribution in [2.45, 2.75) is 47.3 Å². The zero-order valence-electron chi connectivity index (χ0n) is 12.9. The highest BCUT2D eigenvalue weighted by molar-refractivity contribution is 8.01. The lowest BCUT2D eigenvalue weighted by Crippen LogP contribution is -2.03. The van der Waals surface area contributed by atoms with Crippen LogP contribution in [0.5, 0.6) is 5.75 Å². The highest BCUT2D eigenvalue weighted by atomic mass is 32.2. The average molecular weight is 342 g/mol. The molecule has 4 rings (SSSR count). The first-order chi connectivity index (χ1) is 11.3. The van der Waals surface area contributed by atoms with Gasteiger partial charge >= 0.3 is 0 Å². The summed E-state index contributed by atoms with van der Waals surface area (Å²) in [6.07, 6.45) is 6.80. The third-order valence-electron chi connectivity index (χ3n) is 4.51. The number of nitrogens with zero attached hydrogens (tertiary/aromatic N) is 1. The Bertz CT molecular complexity index is 804. The second-order valence-electron chi connectivity index (χ2n) is 6.14. The molecule has 4 heteroatoms. The van der Waals surface area contributed by atoms with E-state index in [9.17, 15) is 5.11 Å². The maximum atomic E-state index is 9.37. The minimum absolute atomic E-state index is 0.302. The summed E-state index contributed by atoms with van der Waals surface area (Å²) in [4.78, 5) is 5.84. The Hall–Kier alpha value is -1.52. The molecule has 1 aromatic heterocycles.